The Balaban J connectivity index is 2.43. The first kappa shape index (κ1) is 16.2. The predicted molar refractivity (Wildman–Crippen MR) is 103 cm³/mol. The van der Waals surface area contributed by atoms with Gasteiger partial charge < -0.3 is 0 Å². The summed E-state index contributed by atoms with van der Waals surface area (Å²) in [5, 5.41) is 12.7. The Morgan fingerprint density at radius 1 is 0.783 bits per heavy atom. The van der Waals surface area contributed by atoms with E-state index in [0.29, 0.717) is 5.30 Å². The monoisotopic (exact) mass is 388 g/mol. The summed E-state index contributed by atoms with van der Waals surface area (Å²) in [5.74, 6) is 0.101. The summed E-state index contributed by atoms with van der Waals surface area (Å²) >= 11 is 3.46. The molecule has 0 atom stereocenters. The minimum atomic E-state index is -3.74. The Hall–Kier alpha value is -1.67. The van der Waals surface area contributed by atoms with Crippen molar-refractivity contribution < 1.29 is 10.00 Å². The van der Waals surface area contributed by atoms with Crippen molar-refractivity contribution in [1.29, 1.82) is 0 Å². The van der Waals surface area contributed by atoms with Crippen molar-refractivity contribution in [3.8, 4) is 5.75 Å². The van der Waals surface area contributed by atoms with Crippen LogP contribution in [0.2, 0.25) is 0 Å². The van der Waals surface area contributed by atoms with E-state index in [1.165, 1.54) is 0 Å². The molecule has 23 heavy (non-hydrogen) atoms. The summed E-state index contributed by atoms with van der Waals surface area (Å²) in [6.45, 7) is -1.88. The van der Waals surface area contributed by atoms with Gasteiger partial charge in [0.2, 0.25) is 0 Å². The third kappa shape index (κ3) is 2.59. The van der Waals surface area contributed by atoms with Crippen molar-refractivity contribution in [2.75, 3.05) is 6.66 Å². The molecule has 0 heterocycles. The van der Waals surface area contributed by atoms with Crippen LogP contribution in [0.15, 0.2) is 83.3 Å². The van der Waals surface area contributed by atoms with E-state index in [0.717, 1.165) is 15.1 Å². The number of hydrogen-bond acceptors (Lipinski definition) is 2. The molecule has 0 saturated carbocycles. The van der Waals surface area contributed by atoms with Crippen molar-refractivity contribution in [2.45, 2.75) is 0 Å². The second-order valence-corrected chi connectivity index (χ2v) is 11.3. The Morgan fingerprint density at radius 3 is 1.74 bits per heavy atom. The van der Waals surface area contributed by atoms with E-state index in [-0.39, 0.29) is 5.75 Å². The fourth-order valence-corrected chi connectivity index (χ4v) is 7.23. The molecule has 2 nitrogen and oxygen atoms in total. The van der Waals surface area contributed by atoms with E-state index in [9.17, 15) is 10.00 Å². The van der Waals surface area contributed by atoms with Crippen LogP contribution in [-0.4, -0.2) is 16.7 Å². The van der Waals surface area contributed by atoms with E-state index < -0.39 is 6.83 Å². The first-order valence-corrected chi connectivity index (χ1v) is 10.7. The van der Waals surface area contributed by atoms with Gasteiger partial charge in [0.1, 0.15) is 0 Å². The van der Waals surface area contributed by atoms with Gasteiger partial charge in [-0.3, -0.25) is 0 Å². The molecule has 3 aromatic rings. The summed E-state index contributed by atoms with van der Waals surface area (Å²) in [6, 6.07) is 24.4. The predicted octanol–water partition coefficient (Wildman–Crippen LogP) is 3.52. The maximum atomic E-state index is 12.1. The number of phenolic OH excluding ortho intramolecular Hbond substituents is 1. The van der Waals surface area contributed by atoms with Crippen LogP contribution in [0.25, 0.3) is 0 Å². The minimum absolute atomic E-state index is 0.101. The van der Waals surface area contributed by atoms with Crippen LogP contribution < -0.4 is 15.9 Å². The van der Waals surface area contributed by atoms with Crippen molar-refractivity contribution in [2.24, 2.45) is 0 Å². The van der Waals surface area contributed by atoms with E-state index in [1.54, 1.807) is 12.1 Å². The first-order valence-electron chi connectivity index (χ1n) is 7.29. The van der Waals surface area contributed by atoms with Gasteiger partial charge in [0.15, 0.2) is 0 Å². The molecule has 0 aliphatic heterocycles. The van der Waals surface area contributed by atoms with E-state index in [2.05, 4.69) is 15.9 Å². The molecule has 0 fully saturated rings. The van der Waals surface area contributed by atoms with Gasteiger partial charge in [-0.25, -0.2) is 0 Å². The number of hydrogen-bond donors (Lipinski definition) is 2. The molecule has 0 radical (unpaired) electrons. The van der Waals surface area contributed by atoms with Gasteiger partial charge in [0.05, 0.1) is 0 Å². The van der Waals surface area contributed by atoms with Crippen LogP contribution in [-0.2, 0) is 0 Å². The van der Waals surface area contributed by atoms with Crippen LogP contribution >= 0.6 is 22.8 Å². The van der Waals surface area contributed by atoms with Crippen LogP contribution in [0.5, 0.6) is 5.75 Å². The van der Waals surface area contributed by atoms with Gasteiger partial charge in [-0.15, -0.1) is 0 Å². The summed E-state index contributed by atoms with van der Waals surface area (Å²) in [7, 11) is 0. The Bertz CT molecular complexity index is 789. The molecule has 0 aliphatic rings. The number of benzene rings is 3. The topological polar surface area (TPSA) is 40.5 Å². The summed E-state index contributed by atoms with van der Waals surface area (Å²) in [6.07, 6.45) is 0. The molecule has 0 aliphatic carbocycles. The second kappa shape index (κ2) is 5.76. The van der Waals surface area contributed by atoms with E-state index in [1.807, 2.05) is 73.4 Å². The molecule has 3 aromatic carbocycles. The normalized spacial score (nSPS) is 13.3. The number of halogens is 1. The molecule has 0 spiro atoms. The van der Waals surface area contributed by atoms with Crippen molar-refractivity contribution >= 4 is 38.7 Å². The fourth-order valence-electron chi connectivity index (χ4n) is 2.95. The van der Waals surface area contributed by atoms with Crippen LogP contribution in [0.4, 0.5) is 0 Å². The van der Waals surface area contributed by atoms with Crippen LogP contribution in [0, 0.1) is 0 Å². The number of rotatable bonds is 3. The van der Waals surface area contributed by atoms with Gasteiger partial charge in [-0.05, 0) is 0 Å². The summed E-state index contributed by atoms with van der Waals surface area (Å²) in [5.41, 5.74) is 0. The molecule has 0 amide bonds. The third-order valence-electron chi connectivity index (χ3n) is 4.30. The van der Waals surface area contributed by atoms with E-state index in [4.69, 9.17) is 0 Å². The molecule has 2 N–H and O–H groups in total. The SMILES string of the molecule is CP(O)(c1ccccc1)(c1ccccc1)c1cc(Br)ccc1O. The Morgan fingerprint density at radius 2 is 1.26 bits per heavy atom. The molecule has 4 heteroatoms. The zero-order valence-corrected chi connectivity index (χ0v) is 15.2. The summed E-state index contributed by atoms with van der Waals surface area (Å²) < 4.78 is 0.821. The molecular formula is C19H18BrO2P. The molecule has 0 saturated heterocycles. The van der Waals surface area contributed by atoms with Crippen molar-refractivity contribution in [3.63, 3.8) is 0 Å². The fraction of sp³-hybridized carbons (Fsp3) is 0.0526. The number of aromatic hydroxyl groups is 1. The molecule has 0 aromatic heterocycles. The quantitative estimate of drug-likeness (QED) is 0.673. The van der Waals surface area contributed by atoms with Crippen LogP contribution in [0.3, 0.4) is 0 Å². The second-order valence-electron chi connectivity index (χ2n) is 5.81. The molecule has 0 unspecified atom stereocenters. The van der Waals surface area contributed by atoms with Crippen molar-refractivity contribution in [3.05, 3.63) is 83.3 Å². The first-order chi connectivity index (χ1) is 10.9. The molecule has 3 rings (SSSR count). The van der Waals surface area contributed by atoms with Gasteiger partial charge in [0.25, 0.3) is 0 Å². The maximum absolute atomic E-state index is 12.1. The molecular weight excluding hydrogens is 371 g/mol. The summed E-state index contributed by atoms with van der Waals surface area (Å²) in [4.78, 5) is 12.1. The Labute approximate surface area is 144 Å². The van der Waals surface area contributed by atoms with Crippen LogP contribution in [0.1, 0.15) is 0 Å². The Kier molecular flexibility index (Phi) is 4.05. The van der Waals surface area contributed by atoms with E-state index >= 15 is 0 Å². The zero-order chi connectivity index (χ0) is 16.5. The van der Waals surface area contributed by atoms with Crippen molar-refractivity contribution in [1.82, 2.24) is 0 Å². The van der Waals surface area contributed by atoms with Gasteiger partial charge >= 0.3 is 144 Å². The third-order valence-corrected chi connectivity index (χ3v) is 9.46. The standard InChI is InChI=1S/C19H18BrO2P/c1-23(22,16-8-4-2-5-9-16,17-10-6-3-7-11-17)19-14-15(20)12-13-18(19)21/h2-14,21-22H,1H3. The van der Waals surface area contributed by atoms with Gasteiger partial charge in [-0.2, -0.15) is 0 Å². The molecule has 0 bridgehead atoms. The number of phenols is 1. The average molecular weight is 389 g/mol. The average Bonchev–Trinajstić information content (AvgIpc) is 2.59. The zero-order valence-electron chi connectivity index (χ0n) is 12.7. The van der Waals surface area contributed by atoms with Gasteiger partial charge in [0, 0.05) is 0 Å². The molecule has 118 valence electrons. The van der Waals surface area contributed by atoms with Gasteiger partial charge in [-0.1, -0.05) is 0 Å².